The number of benzene rings is 9. The normalized spacial score (nSPS) is 11.8. The van der Waals surface area contributed by atoms with Crippen molar-refractivity contribution in [2.75, 3.05) is 0 Å². The largest absolute Gasteiger partial charge is 0.309 e. The first kappa shape index (κ1) is 35.6. The van der Waals surface area contributed by atoms with Crippen molar-refractivity contribution >= 4 is 75.1 Å². The van der Waals surface area contributed by atoms with Gasteiger partial charge in [0.15, 0.2) is 17.5 Å². The number of hydrogen-bond acceptors (Lipinski definition) is 4. The highest BCUT2D eigenvalue weighted by Crippen LogP contribution is 2.45. The number of nitrogens with zero attached hydrogens (tertiary/aromatic N) is 5. The monoisotopic (exact) mass is 821 g/mol. The fourth-order valence-electron chi connectivity index (χ4n) is 9.51. The van der Waals surface area contributed by atoms with Crippen LogP contribution in [0.4, 0.5) is 0 Å². The van der Waals surface area contributed by atoms with E-state index in [1.807, 2.05) is 72.0 Å². The van der Waals surface area contributed by atoms with Gasteiger partial charge in [-0.05, 0) is 48.0 Å². The summed E-state index contributed by atoms with van der Waals surface area (Å²) in [5.41, 5.74) is 12.2. The van der Waals surface area contributed by atoms with Crippen molar-refractivity contribution in [3.05, 3.63) is 212 Å². The molecule has 0 aliphatic heterocycles. The maximum absolute atomic E-state index is 5.10. The van der Waals surface area contributed by atoms with Gasteiger partial charge >= 0.3 is 0 Å². The maximum Gasteiger partial charge on any atom is 0.164 e. The van der Waals surface area contributed by atoms with Gasteiger partial charge < -0.3 is 9.13 Å². The van der Waals surface area contributed by atoms with E-state index in [0.29, 0.717) is 17.5 Å². The fourth-order valence-corrected chi connectivity index (χ4v) is 10.8. The van der Waals surface area contributed by atoms with Gasteiger partial charge in [-0.2, -0.15) is 0 Å². The molecule has 63 heavy (non-hydrogen) atoms. The summed E-state index contributed by atoms with van der Waals surface area (Å²) in [7, 11) is 0. The van der Waals surface area contributed by atoms with Gasteiger partial charge in [0.1, 0.15) is 0 Å². The average molecular weight is 822 g/mol. The molecule has 0 aliphatic rings. The van der Waals surface area contributed by atoms with Crippen molar-refractivity contribution in [3.63, 3.8) is 0 Å². The van der Waals surface area contributed by atoms with Gasteiger partial charge in [-0.25, -0.2) is 15.0 Å². The summed E-state index contributed by atoms with van der Waals surface area (Å²) in [5.74, 6) is 1.93. The molecule has 0 N–H and O–H groups in total. The van der Waals surface area contributed by atoms with Crippen molar-refractivity contribution in [1.29, 1.82) is 0 Å². The van der Waals surface area contributed by atoms with E-state index in [9.17, 15) is 0 Å². The Morgan fingerprint density at radius 3 is 1.52 bits per heavy atom. The number of hydrogen-bond donors (Lipinski definition) is 0. The zero-order valence-electron chi connectivity index (χ0n) is 33.9. The third kappa shape index (κ3) is 5.66. The van der Waals surface area contributed by atoms with Crippen LogP contribution < -0.4 is 0 Å². The lowest BCUT2D eigenvalue weighted by atomic mass is 10.0. The number of para-hydroxylation sites is 4. The second kappa shape index (κ2) is 14.2. The van der Waals surface area contributed by atoms with Crippen LogP contribution in [0.15, 0.2) is 212 Å². The molecule has 0 fully saturated rings. The minimum atomic E-state index is 0.634. The number of aromatic nitrogens is 5. The highest BCUT2D eigenvalue weighted by atomic mass is 32.1. The van der Waals surface area contributed by atoms with Crippen molar-refractivity contribution in [2.45, 2.75) is 0 Å². The second-order valence-electron chi connectivity index (χ2n) is 16.0. The number of fused-ring (bicyclic) bond motifs is 10. The van der Waals surface area contributed by atoms with Gasteiger partial charge in [-0.1, -0.05) is 170 Å². The van der Waals surface area contributed by atoms with Crippen LogP contribution in [-0.2, 0) is 0 Å². The summed E-state index contributed by atoms with van der Waals surface area (Å²) < 4.78 is 7.37. The molecule has 0 saturated carbocycles. The topological polar surface area (TPSA) is 48.5 Å². The molecule has 6 heteroatoms. The van der Waals surface area contributed by atoms with E-state index in [1.165, 1.54) is 75.1 Å². The Morgan fingerprint density at radius 1 is 0.333 bits per heavy atom. The van der Waals surface area contributed by atoms with E-state index >= 15 is 0 Å². The summed E-state index contributed by atoms with van der Waals surface area (Å²) >= 11 is 1.87. The Hall–Kier alpha value is -8.19. The molecule has 9 aromatic carbocycles. The Labute approximate surface area is 366 Å². The third-order valence-corrected chi connectivity index (χ3v) is 13.6. The molecule has 0 bridgehead atoms. The van der Waals surface area contributed by atoms with E-state index in [1.54, 1.807) is 0 Å². The number of rotatable bonds is 6. The first-order chi connectivity index (χ1) is 31.2. The quantitative estimate of drug-likeness (QED) is 0.168. The third-order valence-electron chi connectivity index (χ3n) is 12.4. The lowest BCUT2D eigenvalue weighted by molar-refractivity contribution is 1.07. The van der Waals surface area contributed by atoms with Crippen LogP contribution in [0.25, 0.3) is 120 Å². The molecular weight excluding hydrogens is 787 g/mol. The highest BCUT2D eigenvalue weighted by molar-refractivity contribution is 7.26. The Bertz CT molecular complexity index is 3790. The zero-order valence-corrected chi connectivity index (χ0v) is 34.7. The van der Waals surface area contributed by atoms with Crippen LogP contribution in [0.5, 0.6) is 0 Å². The minimum absolute atomic E-state index is 0.634. The molecule has 0 amide bonds. The van der Waals surface area contributed by atoms with E-state index in [-0.39, 0.29) is 0 Å². The van der Waals surface area contributed by atoms with Gasteiger partial charge in [0.2, 0.25) is 0 Å². The van der Waals surface area contributed by atoms with Gasteiger partial charge in [0, 0.05) is 65.0 Å². The van der Waals surface area contributed by atoms with Gasteiger partial charge in [-0.3, -0.25) is 0 Å². The molecule has 0 aliphatic carbocycles. The molecule has 0 saturated heterocycles. The van der Waals surface area contributed by atoms with Crippen molar-refractivity contribution < 1.29 is 0 Å². The molecule has 5 nitrogen and oxygen atoms in total. The van der Waals surface area contributed by atoms with Gasteiger partial charge in [0.25, 0.3) is 0 Å². The van der Waals surface area contributed by atoms with E-state index in [0.717, 1.165) is 27.9 Å². The number of thiophene rings is 1. The van der Waals surface area contributed by atoms with Gasteiger partial charge in [-0.15, -0.1) is 11.3 Å². The molecule has 4 aromatic heterocycles. The molecule has 13 rings (SSSR count). The van der Waals surface area contributed by atoms with Crippen molar-refractivity contribution in [3.8, 4) is 56.7 Å². The predicted molar refractivity (Wildman–Crippen MR) is 263 cm³/mol. The van der Waals surface area contributed by atoms with Crippen LogP contribution in [0.1, 0.15) is 0 Å². The van der Waals surface area contributed by atoms with Crippen LogP contribution in [-0.4, -0.2) is 24.1 Å². The molecule has 0 atom stereocenters. The fraction of sp³-hybridized carbons (Fsp3) is 0. The van der Waals surface area contributed by atoms with E-state index in [4.69, 9.17) is 15.0 Å². The predicted octanol–water partition coefficient (Wildman–Crippen LogP) is 15.1. The average Bonchev–Trinajstić information content (AvgIpc) is 4.02. The summed E-state index contributed by atoms with van der Waals surface area (Å²) in [6.07, 6.45) is 0. The standard InChI is InChI=1S/C57H35N5S/c1-4-16-36(17-5-1)55-58-56(37-18-6-2-7-19-37)60-57(59-55)39-29-30-44-46-32-33-47-45-31-28-38(35-52(45)63-54(47)53(46)61(51(44)34-39)40-20-8-3-9-21-40)41-22-10-13-25-48(41)62-49-26-14-11-23-42(49)43-24-12-15-27-50(43)62/h1-35H. The highest BCUT2D eigenvalue weighted by Gasteiger charge is 2.21. The van der Waals surface area contributed by atoms with E-state index in [2.05, 4.69) is 161 Å². The lowest BCUT2D eigenvalue weighted by Gasteiger charge is -2.14. The van der Waals surface area contributed by atoms with Crippen LogP contribution in [0.3, 0.4) is 0 Å². The molecular formula is C57H35N5S. The molecule has 0 spiro atoms. The molecule has 0 radical (unpaired) electrons. The first-order valence-corrected chi connectivity index (χ1v) is 22.0. The smallest absolute Gasteiger partial charge is 0.164 e. The lowest BCUT2D eigenvalue weighted by Crippen LogP contribution is -2.00. The SMILES string of the molecule is c1ccc(-c2nc(-c3ccccc3)nc(-c3ccc4c5ccc6c7ccc(-c8ccccc8-n8c9ccccc9c9ccccc98)cc7sc6c5n(-c5ccccc5)c4c3)n2)cc1. The van der Waals surface area contributed by atoms with Crippen LogP contribution in [0, 0.1) is 0 Å². The molecule has 294 valence electrons. The second-order valence-corrected chi connectivity index (χ2v) is 17.0. The summed E-state index contributed by atoms with van der Waals surface area (Å²) in [6, 6.07) is 75.6. The van der Waals surface area contributed by atoms with E-state index < -0.39 is 0 Å². The molecule has 0 unspecified atom stereocenters. The molecule has 13 aromatic rings. The Balaban J connectivity index is 1.01. The first-order valence-electron chi connectivity index (χ1n) is 21.2. The Morgan fingerprint density at radius 2 is 0.841 bits per heavy atom. The van der Waals surface area contributed by atoms with Crippen molar-refractivity contribution in [1.82, 2.24) is 24.1 Å². The minimum Gasteiger partial charge on any atom is -0.309 e. The Kier molecular flexibility index (Phi) is 8.01. The van der Waals surface area contributed by atoms with Gasteiger partial charge in [0.05, 0.1) is 32.5 Å². The summed E-state index contributed by atoms with van der Waals surface area (Å²) in [5, 5.41) is 7.42. The van der Waals surface area contributed by atoms with Crippen molar-refractivity contribution in [2.24, 2.45) is 0 Å². The summed E-state index contributed by atoms with van der Waals surface area (Å²) in [6.45, 7) is 0. The van der Waals surface area contributed by atoms with Crippen LogP contribution >= 0.6 is 11.3 Å². The van der Waals surface area contributed by atoms with Crippen LogP contribution in [0.2, 0.25) is 0 Å². The summed E-state index contributed by atoms with van der Waals surface area (Å²) in [4.78, 5) is 15.1. The zero-order chi connectivity index (χ0) is 41.4. The molecule has 4 heterocycles. The maximum atomic E-state index is 5.10.